The molecule has 0 radical (unpaired) electrons. The van der Waals surface area contributed by atoms with E-state index >= 15 is 0 Å². The summed E-state index contributed by atoms with van der Waals surface area (Å²) in [5, 5.41) is 8.10. The Morgan fingerprint density at radius 2 is 1.97 bits per heavy atom. The molecule has 0 aromatic carbocycles. The number of thioether (sulfide) groups is 1. The second-order valence-electron chi connectivity index (χ2n) is 5.57. The van der Waals surface area contributed by atoms with Gasteiger partial charge in [-0.1, -0.05) is 56.2 Å². The number of anilines is 1. The van der Waals surface area contributed by atoms with Crippen LogP contribution in [0.5, 0.6) is 0 Å². The molecule has 0 spiro atoms. The average molecular weight is 409 g/mol. The number of hydrogen-bond donors (Lipinski definition) is 2. The molecule has 2 heterocycles. The van der Waals surface area contributed by atoms with Crippen LogP contribution in [0.2, 0.25) is 0 Å². The van der Waals surface area contributed by atoms with Crippen LogP contribution in [-0.4, -0.2) is 32.5 Å². The molecule has 0 amide bonds. The number of rotatable bonds is 10. The monoisotopic (exact) mass is 408 g/mol. The van der Waals surface area contributed by atoms with E-state index < -0.39 is 0 Å². The van der Waals surface area contributed by atoms with Crippen molar-refractivity contribution in [2.75, 3.05) is 18.0 Å². The fraction of sp³-hybridized carbons (Fsp3) is 0.143. The van der Waals surface area contributed by atoms with Gasteiger partial charge in [-0.05, 0) is 6.92 Å². The first kappa shape index (κ1) is 22.1. The number of nitrogen functional groups attached to an aromatic ring is 1. The molecule has 0 atom stereocenters. The molecule has 0 aliphatic rings. The van der Waals surface area contributed by atoms with Gasteiger partial charge in [-0.2, -0.15) is 0 Å². The van der Waals surface area contributed by atoms with Crippen molar-refractivity contribution in [3.05, 3.63) is 78.9 Å². The number of nitrogens with zero attached hydrogens (tertiary/aromatic N) is 4. The summed E-state index contributed by atoms with van der Waals surface area (Å²) in [5.41, 5.74) is 14.1. The van der Waals surface area contributed by atoms with Crippen molar-refractivity contribution in [2.24, 2.45) is 5.73 Å². The van der Waals surface area contributed by atoms with Crippen LogP contribution in [0.3, 0.4) is 0 Å². The van der Waals surface area contributed by atoms with Gasteiger partial charge in [-0.15, -0.1) is 22.0 Å². The molecule has 0 bridgehead atoms. The lowest BCUT2D eigenvalue weighted by Gasteiger charge is -2.11. The lowest BCUT2D eigenvalue weighted by molar-refractivity contribution is 0.552. The summed E-state index contributed by atoms with van der Waals surface area (Å²) in [4.78, 5) is 9.91. The van der Waals surface area contributed by atoms with Crippen LogP contribution in [0.4, 0.5) is 5.82 Å². The van der Waals surface area contributed by atoms with Crippen molar-refractivity contribution in [1.82, 2.24) is 20.2 Å². The molecular weight excluding hydrogens is 384 g/mol. The zero-order valence-corrected chi connectivity index (χ0v) is 17.2. The van der Waals surface area contributed by atoms with Gasteiger partial charge in [0.15, 0.2) is 11.5 Å². The van der Waals surface area contributed by atoms with Crippen molar-refractivity contribution >= 4 is 28.7 Å². The molecule has 0 aliphatic heterocycles. The molecule has 4 N–H and O–H groups in total. The lowest BCUT2D eigenvalue weighted by Crippen LogP contribution is -2.04. The van der Waals surface area contributed by atoms with E-state index in [-0.39, 0.29) is 17.6 Å². The van der Waals surface area contributed by atoms with E-state index in [0.29, 0.717) is 23.5 Å². The molecule has 2 aromatic rings. The van der Waals surface area contributed by atoms with Gasteiger partial charge in [0, 0.05) is 28.3 Å². The molecule has 0 saturated carbocycles. The highest BCUT2D eigenvalue weighted by atomic mass is 32.2. The SMILES string of the molecule is C=C/C=C(\C(=C/C)SCCN)c1cnc(N)c(-c2nnc(/C(C=C)=C/C=C)o2)n1. The molecule has 0 aliphatic carbocycles. The second-order valence-corrected chi connectivity index (χ2v) is 6.71. The Balaban J connectivity index is 2.51. The highest BCUT2D eigenvalue weighted by Crippen LogP contribution is 2.32. The molecule has 29 heavy (non-hydrogen) atoms. The molecule has 150 valence electrons. The molecule has 8 heteroatoms. The highest BCUT2D eigenvalue weighted by Gasteiger charge is 2.18. The third-order valence-electron chi connectivity index (χ3n) is 3.66. The zero-order chi connectivity index (χ0) is 21.2. The van der Waals surface area contributed by atoms with Gasteiger partial charge in [0.1, 0.15) is 0 Å². The maximum atomic E-state index is 6.03. The van der Waals surface area contributed by atoms with E-state index in [0.717, 1.165) is 16.2 Å². The third-order valence-corrected chi connectivity index (χ3v) is 4.86. The predicted octanol–water partition coefficient (Wildman–Crippen LogP) is 4.03. The largest absolute Gasteiger partial charge is 0.414 e. The molecule has 2 aromatic heterocycles. The first-order valence-electron chi connectivity index (χ1n) is 8.84. The summed E-state index contributed by atoms with van der Waals surface area (Å²) in [6.45, 7) is 13.7. The van der Waals surface area contributed by atoms with Gasteiger partial charge in [0.25, 0.3) is 5.89 Å². The van der Waals surface area contributed by atoms with Crippen LogP contribution < -0.4 is 11.5 Å². The van der Waals surface area contributed by atoms with Gasteiger partial charge in [-0.25, -0.2) is 9.97 Å². The van der Waals surface area contributed by atoms with E-state index in [9.17, 15) is 0 Å². The minimum atomic E-state index is 0.165. The second kappa shape index (κ2) is 10.9. The first-order chi connectivity index (χ1) is 14.1. The fourth-order valence-electron chi connectivity index (χ4n) is 2.37. The van der Waals surface area contributed by atoms with Gasteiger partial charge >= 0.3 is 0 Å². The topological polar surface area (TPSA) is 117 Å². The Kier molecular flexibility index (Phi) is 8.32. The Labute approximate surface area is 174 Å². The zero-order valence-electron chi connectivity index (χ0n) is 16.3. The van der Waals surface area contributed by atoms with Crippen LogP contribution in [-0.2, 0) is 0 Å². The van der Waals surface area contributed by atoms with Gasteiger partial charge in [-0.3, -0.25) is 0 Å². The van der Waals surface area contributed by atoms with Crippen molar-refractivity contribution in [1.29, 1.82) is 0 Å². The van der Waals surface area contributed by atoms with E-state index in [1.807, 2.05) is 19.1 Å². The van der Waals surface area contributed by atoms with Gasteiger partial charge < -0.3 is 15.9 Å². The summed E-state index contributed by atoms with van der Waals surface area (Å²) < 4.78 is 5.73. The van der Waals surface area contributed by atoms with Crippen molar-refractivity contribution < 1.29 is 4.42 Å². The van der Waals surface area contributed by atoms with Gasteiger partial charge in [0.05, 0.1) is 11.9 Å². The highest BCUT2D eigenvalue weighted by molar-refractivity contribution is 8.03. The molecule has 2 rings (SSSR count). The van der Waals surface area contributed by atoms with Crippen molar-refractivity contribution in [3.8, 4) is 11.6 Å². The summed E-state index contributed by atoms with van der Waals surface area (Å²) in [5.74, 6) is 1.41. The Morgan fingerprint density at radius 1 is 1.21 bits per heavy atom. The first-order valence-corrected chi connectivity index (χ1v) is 9.82. The summed E-state index contributed by atoms with van der Waals surface area (Å²) >= 11 is 1.63. The number of allylic oxidation sites excluding steroid dienone is 8. The number of nitrogens with two attached hydrogens (primary N) is 2. The molecular formula is C21H24N6OS. The molecule has 7 nitrogen and oxygen atoms in total. The van der Waals surface area contributed by atoms with Crippen LogP contribution in [0.25, 0.3) is 22.7 Å². The van der Waals surface area contributed by atoms with Crippen LogP contribution in [0, 0.1) is 0 Å². The third kappa shape index (κ3) is 5.40. The summed E-state index contributed by atoms with van der Waals surface area (Å²) in [6, 6.07) is 0. The van der Waals surface area contributed by atoms with Crippen LogP contribution in [0.1, 0.15) is 18.5 Å². The maximum absolute atomic E-state index is 6.03. The maximum Gasteiger partial charge on any atom is 0.270 e. The Bertz CT molecular complexity index is 987. The molecule has 0 unspecified atom stereocenters. The Morgan fingerprint density at radius 3 is 2.59 bits per heavy atom. The van der Waals surface area contributed by atoms with Crippen LogP contribution >= 0.6 is 11.8 Å². The number of aromatic nitrogens is 4. The predicted molar refractivity (Wildman–Crippen MR) is 122 cm³/mol. The van der Waals surface area contributed by atoms with E-state index in [2.05, 4.69) is 39.9 Å². The Hall–Kier alpha value is -3.23. The summed E-state index contributed by atoms with van der Waals surface area (Å²) in [6.07, 6.45) is 12.1. The summed E-state index contributed by atoms with van der Waals surface area (Å²) in [7, 11) is 0. The molecule has 0 fully saturated rings. The van der Waals surface area contributed by atoms with Crippen LogP contribution in [0.15, 0.2) is 71.7 Å². The van der Waals surface area contributed by atoms with E-state index in [1.54, 1.807) is 42.3 Å². The normalized spacial score (nSPS) is 12.7. The van der Waals surface area contributed by atoms with E-state index in [1.165, 1.54) is 0 Å². The average Bonchev–Trinajstić information content (AvgIpc) is 3.22. The molecule has 0 saturated heterocycles. The smallest absolute Gasteiger partial charge is 0.270 e. The van der Waals surface area contributed by atoms with Gasteiger partial charge in [0.2, 0.25) is 5.89 Å². The minimum absolute atomic E-state index is 0.165. The quantitative estimate of drug-likeness (QED) is 0.566. The standard InChI is InChI=1S/C21H24N6OS/c1-5-9-14(7-3)20-26-27-21(28-20)18-19(23)24-13-16(25-18)15(10-6-2)17(8-4)29-12-11-22/h5-10,13H,1-3,11-12,22H2,4H3,(H2,23,24)/b14-9+,15-10-,17-8+. The van der Waals surface area contributed by atoms with E-state index in [4.69, 9.17) is 15.9 Å². The fourth-order valence-corrected chi connectivity index (χ4v) is 3.20. The van der Waals surface area contributed by atoms with Crippen molar-refractivity contribution in [3.63, 3.8) is 0 Å². The number of hydrogen-bond acceptors (Lipinski definition) is 8. The van der Waals surface area contributed by atoms with Crippen molar-refractivity contribution in [2.45, 2.75) is 6.92 Å². The minimum Gasteiger partial charge on any atom is -0.414 e. The lowest BCUT2D eigenvalue weighted by atomic mass is 10.1.